The van der Waals surface area contributed by atoms with Crippen LogP contribution in [-0.2, 0) is 6.42 Å². The third-order valence-electron chi connectivity index (χ3n) is 1.69. The van der Waals surface area contributed by atoms with Gasteiger partial charge in [-0.05, 0) is 11.6 Å². The van der Waals surface area contributed by atoms with E-state index in [1.54, 1.807) is 6.21 Å². The fourth-order valence-electron chi connectivity index (χ4n) is 1.11. The Bertz CT molecular complexity index is 344. The predicted molar refractivity (Wildman–Crippen MR) is 57.1 cm³/mol. The van der Waals surface area contributed by atoms with Crippen molar-refractivity contribution in [3.63, 3.8) is 0 Å². The van der Waals surface area contributed by atoms with Crippen molar-refractivity contribution in [3.8, 4) is 0 Å². The lowest BCUT2D eigenvalue weighted by Crippen LogP contribution is -1.99. The zero-order chi connectivity index (χ0) is 8.39. The lowest BCUT2D eigenvalue weighted by atomic mass is 10.1. The van der Waals surface area contributed by atoms with E-state index in [9.17, 15) is 0 Å². The van der Waals surface area contributed by atoms with Gasteiger partial charge in [0.1, 0.15) is 0 Å². The van der Waals surface area contributed by atoms with E-state index in [1.807, 2.05) is 12.1 Å². The minimum absolute atomic E-state index is 0.849. The maximum absolute atomic E-state index is 5.11. The summed E-state index contributed by atoms with van der Waals surface area (Å²) >= 11 is 6.60. The molecule has 1 heterocycles. The van der Waals surface area contributed by atoms with E-state index in [2.05, 4.69) is 16.5 Å². The van der Waals surface area contributed by atoms with Crippen molar-refractivity contribution in [2.45, 2.75) is 11.3 Å². The number of fused-ring (bicyclic) bond motifs is 1. The average Bonchev–Trinajstić information content (AvgIpc) is 2.25. The van der Waals surface area contributed by atoms with Gasteiger partial charge in [0.05, 0.1) is 0 Å². The van der Waals surface area contributed by atoms with Crippen molar-refractivity contribution in [3.05, 3.63) is 29.8 Å². The van der Waals surface area contributed by atoms with Gasteiger partial charge in [-0.2, -0.15) is 0 Å². The molecule has 0 saturated carbocycles. The van der Waals surface area contributed by atoms with Crippen molar-refractivity contribution < 1.29 is 0 Å². The van der Waals surface area contributed by atoms with E-state index >= 15 is 0 Å². The van der Waals surface area contributed by atoms with Crippen LogP contribution < -0.4 is 0 Å². The van der Waals surface area contributed by atoms with Crippen molar-refractivity contribution >= 4 is 35.2 Å². The Balaban J connectivity index is 2.44. The number of rotatable bonds is 0. The van der Waals surface area contributed by atoms with Gasteiger partial charge in [0.2, 0.25) is 0 Å². The highest BCUT2D eigenvalue weighted by Gasteiger charge is 2.06. The van der Waals surface area contributed by atoms with Gasteiger partial charge in [-0.15, -0.1) is 0 Å². The number of thiocarbonyl (C=S) groups is 1. The average molecular weight is 193 g/mol. The molecule has 1 aliphatic rings. The number of hydrogen-bond acceptors (Lipinski definition) is 3. The summed E-state index contributed by atoms with van der Waals surface area (Å²) in [4.78, 5) is 2.13. The largest absolute Gasteiger partial charge is 0.218 e. The molecule has 60 valence electrons. The fourth-order valence-corrected chi connectivity index (χ4v) is 2.08. The van der Waals surface area contributed by atoms with Crippen LogP contribution in [0.1, 0.15) is 5.56 Å². The van der Waals surface area contributed by atoms with Crippen LogP contribution in [0.2, 0.25) is 0 Å². The second-order valence-corrected chi connectivity index (χ2v) is 3.93. The highest BCUT2D eigenvalue weighted by atomic mass is 32.2. The summed E-state index contributed by atoms with van der Waals surface area (Å²) in [7, 11) is 0. The van der Waals surface area contributed by atoms with Crippen LogP contribution in [0.25, 0.3) is 0 Å². The van der Waals surface area contributed by atoms with Crippen molar-refractivity contribution in [1.29, 1.82) is 0 Å². The monoisotopic (exact) mass is 193 g/mol. The van der Waals surface area contributed by atoms with E-state index in [0.29, 0.717) is 0 Å². The van der Waals surface area contributed by atoms with Gasteiger partial charge in [0.15, 0.2) is 0 Å². The molecule has 2 rings (SSSR count). The molecule has 1 aliphatic heterocycles. The Morgan fingerprint density at radius 3 is 3.08 bits per heavy atom. The molecule has 3 heteroatoms. The Morgan fingerprint density at radius 2 is 2.17 bits per heavy atom. The number of hydrogen-bond donors (Lipinski definition) is 0. The Kier molecular flexibility index (Phi) is 2.23. The topological polar surface area (TPSA) is 12.4 Å². The zero-order valence-corrected chi connectivity index (χ0v) is 7.99. The maximum atomic E-state index is 5.11. The predicted octanol–water partition coefficient (Wildman–Crippen LogP) is 2.69. The van der Waals surface area contributed by atoms with Crippen LogP contribution in [0.5, 0.6) is 0 Å². The highest BCUT2D eigenvalue weighted by Crippen LogP contribution is 2.25. The molecule has 12 heavy (non-hydrogen) atoms. The van der Waals surface area contributed by atoms with Gasteiger partial charge in [-0.25, -0.2) is 4.40 Å². The molecular formula is C9H7NS2. The van der Waals surface area contributed by atoms with Crippen LogP contribution in [0.15, 0.2) is 33.6 Å². The van der Waals surface area contributed by atoms with Crippen LogP contribution in [0, 0.1) is 0 Å². The van der Waals surface area contributed by atoms with Gasteiger partial charge in [0, 0.05) is 34.3 Å². The summed E-state index contributed by atoms with van der Waals surface area (Å²) in [5.74, 6) is 0. The van der Waals surface area contributed by atoms with Gasteiger partial charge in [0.25, 0.3) is 0 Å². The highest BCUT2D eigenvalue weighted by molar-refractivity contribution is 7.98. The molecule has 1 nitrogen and oxygen atoms in total. The summed E-state index contributed by atoms with van der Waals surface area (Å²) in [6.45, 7) is 0. The third-order valence-corrected chi connectivity index (χ3v) is 2.74. The second kappa shape index (κ2) is 3.37. The smallest absolute Gasteiger partial charge is 0.0498 e. The van der Waals surface area contributed by atoms with E-state index in [4.69, 9.17) is 12.2 Å². The number of benzene rings is 1. The van der Waals surface area contributed by atoms with Crippen molar-refractivity contribution in [2.24, 2.45) is 4.40 Å². The summed E-state index contributed by atoms with van der Waals surface area (Å²) in [6.07, 6.45) is 2.61. The maximum Gasteiger partial charge on any atom is 0.0498 e. The Morgan fingerprint density at radius 1 is 1.33 bits per heavy atom. The van der Waals surface area contributed by atoms with Gasteiger partial charge in [-0.3, -0.25) is 0 Å². The first-order valence-electron chi connectivity index (χ1n) is 3.67. The Labute approximate surface area is 81.0 Å². The van der Waals surface area contributed by atoms with Gasteiger partial charge < -0.3 is 0 Å². The quantitative estimate of drug-likeness (QED) is 0.464. The molecule has 0 saturated heterocycles. The SMILES string of the molecule is S=C1C=NSc2ccccc2C1. The molecular weight excluding hydrogens is 186 g/mol. The van der Waals surface area contributed by atoms with Gasteiger partial charge >= 0.3 is 0 Å². The first kappa shape index (κ1) is 7.95. The second-order valence-electron chi connectivity index (χ2n) is 2.58. The van der Waals surface area contributed by atoms with Crippen molar-refractivity contribution in [1.82, 2.24) is 0 Å². The van der Waals surface area contributed by atoms with E-state index in [1.165, 1.54) is 22.4 Å². The molecule has 1 aromatic rings. The molecule has 0 unspecified atom stereocenters. The first-order chi connectivity index (χ1) is 5.86. The molecule has 0 radical (unpaired) electrons. The summed E-state index contributed by atoms with van der Waals surface area (Å²) in [6, 6.07) is 8.23. The van der Waals surface area contributed by atoms with Crippen LogP contribution in [-0.4, -0.2) is 11.1 Å². The summed E-state index contributed by atoms with van der Waals surface area (Å²) < 4.78 is 4.14. The third kappa shape index (κ3) is 1.57. The minimum atomic E-state index is 0.849. The molecule has 0 atom stereocenters. The molecule has 0 amide bonds. The molecule has 0 aliphatic carbocycles. The lowest BCUT2D eigenvalue weighted by molar-refractivity contribution is 1.25. The van der Waals surface area contributed by atoms with Crippen LogP contribution in [0.3, 0.4) is 0 Å². The molecule has 1 aromatic carbocycles. The minimum Gasteiger partial charge on any atom is -0.218 e. The molecule has 0 aromatic heterocycles. The molecule has 0 N–H and O–H groups in total. The number of nitrogens with zero attached hydrogens (tertiary/aromatic N) is 1. The Hall–Kier alpha value is -0.670. The normalized spacial score (nSPS) is 15.5. The van der Waals surface area contributed by atoms with Crippen LogP contribution >= 0.6 is 24.2 Å². The first-order valence-corrected chi connectivity index (χ1v) is 4.85. The molecule has 0 spiro atoms. The fraction of sp³-hybridized carbons (Fsp3) is 0.111. The van der Waals surface area contributed by atoms with E-state index < -0.39 is 0 Å². The summed E-state index contributed by atoms with van der Waals surface area (Å²) in [5, 5.41) is 0. The van der Waals surface area contributed by atoms with E-state index in [0.717, 1.165) is 11.3 Å². The molecule has 0 bridgehead atoms. The van der Waals surface area contributed by atoms with Crippen LogP contribution in [0.4, 0.5) is 0 Å². The summed E-state index contributed by atoms with van der Waals surface area (Å²) in [5.41, 5.74) is 1.28. The van der Waals surface area contributed by atoms with E-state index in [-0.39, 0.29) is 0 Å². The standard InChI is InChI=1S/C9H7NS2/c11-8-5-7-3-1-2-4-9(7)12-10-6-8/h1-4,6H,5H2. The lowest BCUT2D eigenvalue weighted by Gasteiger charge is -2.00. The van der Waals surface area contributed by atoms with Gasteiger partial charge in [-0.1, -0.05) is 30.4 Å². The zero-order valence-electron chi connectivity index (χ0n) is 6.36. The molecule has 0 fully saturated rings. The van der Waals surface area contributed by atoms with Crippen molar-refractivity contribution in [2.75, 3.05) is 0 Å².